The molecule has 1 aliphatic carbocycles. The lowest BCUT2D eigenvalue weighted by atomic mass is 9.74. The summed E-state index contributed by atoms with van der Waals surface area (Å²) >= 11 is 0. The highest BCUT2D eigenvalue weighted by molar-refractivity contribution is 5.96. The number of hydrogen-bond donors (Lipinski definition) is 0. The van der Waals surface area contributed by atoms with E-state index in [0.717, 1.165) is 54.0 Å². The molecule has 1 saturated carbocycles. The molecule has 3 aliphatic rings. The number of rotatable bonds is 0. The molecular formula is C21H21NO3. The summed E-state index contributed by atoms with van der Waals surface area (Å²) < 4.78 is 13.3. The van der Waals surface area contributed by atoms with Gasteiger partial charge >= 0.3 is 0 Å². The summed E-state index contributed by atoms with van der Waals surface area (Å²) in [5, 5.41) is 0. The third-order valence-corrected chi connectivity index (χ3v) is 5.84. The van der Waals surface area contributed by atoms with E-state index in [2.05, 4.69) is 13.0 Å². The van der Waals surface area contributed by atoms with Crippen molar-refractivity contribution >= 4 is 11.6 Å². The van der Waals surface area contributed by atoms with Gasteiger partial charge in [0.1, 0.15) is 0 Å². The van der Waals surface area contributed by atoms with Crippen LogP contribution in [0.1, 0.15) is 43.7 Å². The van der Waals surface area contributed by atoms with Gasteiger partial charge in [-0.15, -0.1) is 0 Å². The van der Waals surface area contributed by atoms with Crippen molar-refractivity contribution in [2.75, 3.05) is 4.90 Å². The molecule has 2 aromatic carbocycles. The highest BCUT2D eigenvalue weighted by Gasteiger charge is 2.70. The van der Waals surface area contributed by atoms with Gasteiger partial charge in [-0.25, -0.2) is 0 Å². The molecule has 2 aromatic rings. The Morgan fingerprint density at radius 1 is 1.04 bits per heavy atom. The van der Waals surface area contributed by atoms with E-state index in [9.17, 15) is 4.79 Å². The minimum Gasteiger partial charge on any atom is -0.472 e. The molecule has 0 aromatic heterocycles. The molecule has 128 valence electrons. The lowest BCUT2D eigenvalue weighted by Gasteiger charge is -2.53. The summed E-state index contributed by atoms with van der Waals surface area (Å²) in [4.78, 5) is 14.5. The number of amides is 1. The van der Waals surface area contributed by atoms with Crippen LogP contribution in [0.2, 0.25) is 0 Å². The fraction of sp³-hybridized carbons (Fsp3) is 0.381. The summed E-state index contributed by atoms with van der Waals surface area (Å²) in [6.45, 7) is 3.67. The summed E-state index contributed by atoms with van der Waals surface area (Å²) in [5.41, 5.74) is 1.70. The Morgan fingerprint density at radius 3 is 2.68 bits per heavy atom. The van der Waals surface area contributed by atoms with Crippen LogP contribution in [0.3, 0.4) is 0 Å². The number of ether oxygens (including phenoxy) is 2. The maximum Gasteiger partial charge on any atom is 0.233 e. The highest BCUT2D eigenvalue weighted by Crippen LogP contribution is 2.62. The van der Waals surface area contributed by atoms with Gasteiger partial charge < -0.3 is 9.47 Å². The van der Waals surface area contributed by atoms with Crippen LogP contribution in [0, 0.1) is 6.92 Å². The molecule has 1 fully saturated rings. The minimum absolute atomic E-state index is 0.00427. The van der Waals surface area contributed by atoms with Crippen LogP contribution in [0.15, 0.2) is 42.5 Å². The second-order valence-electron chi connectivity index (χ2n) is 7.34. The third-order valence-electron chi connectivity index (χ3n) is 5.84. The zero-order valence-corrected chi connectivity index (χ0v) is 14.5. The average Bonchev–Trinajstić information content (AvgIpc) is 2.86. The van der Waals surface area contributed by atoms with Crippen molar-refractivity contribution in [3.63, 3.8) is 0 Å². The Kier molecular flexibility index (Phi) is 2.83. The Labute approximate surface area is 147 Å². The predicted octanol–water partition coefficient (Wildman–Crippen LogP) is 4.30. The maximum absolute atomic E-state index is 12.7. The summed E-state index contributed by atoms with van der Waals surface area (Å²) in [5.74, 6) is 1.50. The summed E-state index contributed by atoms with van der Waals surface area (Å²) in [7, 11) is 0. The fourth-order valence-electron chi connectivity index (χ4n) is 4.92. The van der Waals surface area contributed by atoms with Gasteiger partial charge in [-0.2, -0.15) is 0 Å². The van der Waals surface area contributed by atoms with Crippen molar-refractivity contribution in [3.05, 3.63) is 53.6 Å². The molecule has 25 heavy (non-hydrogen) atoms. The first-order valence-corrected chi connectivity index (χ1v) is 8.96. The van der Waals surface area contributed by atoms with Crippen molar-refractivity contribution in [2.45, 2.75) is 50.9 Å². The zero-order valence-electron chi connectivity index (χ0n) is 14.5. The van der Waals surface area contributed by atoms with E-state index in [1.165, 1.54) is 0 Å². The van der Waals surface area contributed by atoms with Gasteiger partial charge in [-0.3, -0.25) is 9.69 Å². The third kappa shape index (κ3) is 1.69. The second kappa shape index (κ2) is 4.78. The van der Waals surface area contributed by atoms with Gasteiger partial charge in [-0.1, -0.05) is 24.3 Å². The van der Waals surface area contributed by atoms with E-state index in [1.807, 2.05) is 41.3 Å². The van der Waals surface area contributed by atoms with Crippen LogP contribution in [-0.2, 0) is 10.4 Å². The van der Waals surface area contributed by atoms with Crippen molar-refractivity contribution in [1.82, 2.24) is 0 Å². The monoisotopic (exact) mass is 335 g/mol. The molecule has 0 spiro atoms. The van der Waals surface area contributed by atoms with Crippen LogP contribution in [0.5, 0.6) is 11.5 Å². The first-order chi connectivity index (χ1) is 12.1. The first kappa shape index (κ1) is 14.8. The topological polar surface area (TPSA) is 38.8 Å². The van der Waals surface area contributed by atoms with E-state index in [1.54, 1.807) is 6.92 Å². The molecule has 0 N–H and O–H groups in total. The van der Waals surface area contributed by atoms with Gasteiger partial charge in [0.05, 0.1) is 5.69 Å². The van der Waals surface area contributed by atoms with Crippen LogP contribution in [-0.4, -0.2) is 11.6 Å². The SMILES string of the molecule is CC(=O)N1c2ccccc2[C@@]23CCCC[C@@]12Oc1ccc(C)cc1O3. The maximum atomic E-state index is 12.7. The van der Waals surface area contributed by atoms with Crippen LogP contribution < -0.4 is 14.4 Å². The van der Waals surface area contributed by atoms with Gasteiger partial charge in [0, 0.05) is 18.9 Å². The number of anilines is 1. The Bertz CT molecular complexity index is 892. The number of aryl methyl sites for hydroxylation is 1. The largest absolute Gasteiger partial charge is 0.472 e. The Balaban J connectivity index is 1.81. The molecule has 0 bridgehead atoms. The summed E-state index contributed by atoms with van der Waals surface area (Å²) in [6, 6.07) is 14.1. The van der Waals surface area contributed by atoms with Gasteiger partial charge in [0.15, 0.2) is 17.1 Å². The molecule has 0 radical (unpaired) electrons. The number of benzene rings is 2. The first-order valence-electron chi connectivity index (χ1n) is 8.96. The van der Waals surface area contributed by atoms with Crippen LogP contribution in [0.25, 0.3) is 0 Å². The Hall–Kier alpha value is -2.49. The number of carbonyl (C=O) groups is 1. The number of para-hydroxylation sites is 1. The fourth-order valence-corrected chi connectivity index (χ4v) is 4.92. The zero-order chi connectivity index (χ0) is 17.2. The highest BCUT2D eigenvalue weighted by atomic mass is 16.6. The lowest BCUT2D eigenvalue weighted by molar-refractivity contribution is -0.166. The molecular weight excluding hydrogens is 314 g/mol. The smallest absolute Gasteiger partial charge is 0.233 e. The molecule has 1 amide bonds. The van der Waals surface area contributed by atoms with Gasteiger partial charge in [-0.05, 0) is 49.9 Å². The van der Waals surface area contributed by atoms with Gasteiger partial charge in [0.25, 0.3) is 0 Å². The van der Waals surface area contributed by atoms with Crippen molar-refractivity contribution in [2.24, 2.45) is 0 Å². The van der Waals surface area contributed by atoms with Crippen LogP contribution >= 0.6 is 0 Å². The predicted molar refractivity (Wildman–Crippen MR) is 94.9 cm³/mol. The quantitative estimate of drug-likeness (QED) is 0.720. The molecule has 4 heteroatoms. The standard InChI is InChI=1S/C21H21NO3/c1-14-9-10-18-19(13-14)24-20-11-5-6-12-21(20,25-18)22(15(2)23)17-8-4-3-7-16(17)20/h3-4,7-10,13H,5-6,11-12H2,1-2H3/t20-,21-/m0/s1. The molecule has 2 heterocycles. The van der Waals surface area contributed by atoms with E-state index in [0.29, 0.717) is 0 Å². The molecule has 0 saturated heterocycles. The molecule has 2 aliphatic heterocycles. The number of hydrogen-bond acceptors (Lipinski definition) is 3. The van der Waals surface area contributed by atoms with E-state index in [4.69, 9.17) is 9.47 Å². The minimum atomic E-state index is -0.789. The van der Waals surface area contributed by atoms with Gasteiger partial charge in [0.2, 0.25) is 11.6 Å². The number of fused-ring (bicyclic) bond motifs is 2. The van der Waals surface area contributed by atoms with Crippen molar-refractivity contribution in [1.29, 1.82) is 0 Å². The van der Waals surface area contributed by atoms with Crippen LogP contribution in [0.4, 0.5) is 5.69 Å². The average molecular weight is 335 g/mol. The Morgan fingerprint density at radius 2 is 1.84 bits per heavy atom. The van der Waals surface area contributed by atoms with Crippen molar-refractivity contribution < 1.29 is 14.3 Å². The number of carbonyl (C=O) groups excluding carboxylic acids is 1. The van der Waals surface area contributed by atoms with E-state index < -0.39 is 11.3 Å². The van der Waals surface area contributed by atoms with Crippen molar-refractivity contribution in [3.8, 4) is 11.5 Å². The lowest BCUT2D eigenvalue weighted by Crippen LogP contribution is -2.68. The molecule has 5 rings (SSSR count). The summed E-state index contributed by atoms with van der Waals surface area (Å²) in [6.07, 6.45) is 3.70. The molecule has 0 unspecified atom stereocenters. The number of nitrogens with zero attached hydrogens (tertiary/aromatic N) is 1. The second-order valence-corrected chi connectivity index (χ2v) is 7.34. The normalized spacial score (nSPS) is 28.8. The molecule has 2 atom stereocenters. The van der Waals surface area contributed by atoms with E-state index in [-0.39, 0.29) is 5.91 Å². The molecule has 4 nitrogen and oxygen atoms in total. The van der Waals surface area contributed by atoms with E-state index >= 15 is 0 Å².